The Kier molecular flexibility index (Phi) is 9.48. The number of carbonyl (C=O) groups is 3. The minimum Gasteiger partial charge on any atom is -0.493 e. The fraction of sp³-hybridized carbons (Fsp3) is 0.357. The minimum absolute atomic E-state index is 0.137. The topological polar surface area (TPSA) is 113 Å². The summed E-state index contributed by atoms with van der Waals surface area (Å²) >= 11 is 0. The number of ether oxygens (including phenoxy) is 5. The Bertz CT molecular complexity index is 1210. The van der Waals surface area contributed by atoms with Gasteiger partial charge in [0.25, 0.3) is 0 Å². The fourth-order valence-corrected chi connectivity index (χ4v) is 4.52. The number of carbonyl (C=O) groups excluding carboxylic acids is 3. The van der Waals surface area contributed by atoms with E-state index >= 15 is 0 Å². The van der Waals surface area contributed by atoms with E-state index in [1.54, 1.807) is 44.2 Å². The zero-order chi connectivity index (χ0) is 27.8. The van der Waals surface area contributed by atoms with Gasteiger partial charge in [-0.2, -0.15) is 0 Å². The number of benzene rings is 1. The summed E-state index contributed by atoms with van der Waals surface area (Å²) in [5.41, 5.74) is 2.85. The SMILES string of the molecule is COC(=O)C1=C(C)N(CCCOC(=O)c2ccncc2)C(C)=C(C(=O)OC)C1c1ccc(OC)c(OC)c1. The Labute approximate surface area is 221 Å². The van der Waals surface area contributed by atoms with Gasteiger partial charge in [-0.1, -0.05) is 6.07 Å². The van der Waals surface area contributed by atoms with Crippen LogP contribution in [0.5, 0.6) is 11.5 Å². The molecule has 0 spiro atoms. The number of methoxy groups -OCH3 is 4. The van der Waals surface area contributed by atoms with Gasteiger partial charge in [0.15, 0.2) is 11.5 Å². The highest BCUT2D eigenvalue weighted by atomic mass is 16.5. The van der Waals surface area contributed by atoms with Gasteiger partial charge in [0, 0.05) is 30.3 Å². The number of hydrogen-bond donors (Lipinski definition) is 0. The van der Waals surface area contributed by atoms with Crippen molar-refractivity contribution in [2.24, 2.45) is 0 Å². The predicted octanol–water partition coefficient (Wildman–Crippen LogP) is 3.64. The molecule has 202 valence electrons. The smallest absolute Gasteiger partial charge is 0.338 e. The van der Waals surface area contributed by atoms with Gasteiger partial charge >= 0.3 is 17.9 Å². The van der Waals surface area contributed by atoms with Gasteiger partial charge in [-0.25, -0.2) is 14.4 Å². The van der Waals surface area contributed by atoms with Crippen LogP contribution in [0.3, 0.4) is 0 Å². The Morgan fingerprint density at radius 1 is 0.816 bits per heavy atom. The summed E-state index contributed by atoms with van der Waals surface area (Å²) < 4.78 is 26.5. The molecule has 0 fully saturated rings. The number of esters is 3. The molecule has 0 saturated carbocycles. The molecule has 10 heteroatoms. The summed E-state index contributed by atoms with van der Waals surface area (Å²) in [6, 6.07) is 8.36. The van der Waals surface area contributed by atoms with Crippen molar-refractivity contribution in [1.82, 2.24) is 9.88 Å². The Morgan fingerprint density at radius 3 is 1.92 bits per heavy atom. The van der Waals surface area contributed by atoms with Crippen molar-refractivity contribution in [2.45, 2.75) is 26.2 Å². The van der Waals surface area contributed by atoms with Gasteiger partial charge in [0.05, 0.1) is 57.7 Å². The van der Waals surface area contributed by atoms with Crippen molar-refractivity contribution in [3.05, 3.63) is 76.4 Å². The molecule has 0 saturated heterocycles. The molecule has 2 aromatic rings. The van der Waals surface area contributed by atoms with E-state index in [-0.39, 0.29) is 6.61 Å². The van der Waals surface area contributed by atoms with Crippen LogP contribution in [0.1, 0.15) is 42.1 Å². The van der Waals surface area contributed by atoms with Gasteiger partial charge in [-0.05, 0) is 50.1 Å². The molecule has 1 aliphatic heterocycles. The number of nitrogens with zero attached hydrogens (tertiary/aromatic N) is 2. The molecule has 0 amide bonds. The van der Waals surface area contributed by atoms with Crippen LogP contribution in [0, 0.1) is 0 Å². The normalized spacial score (nSPS) is 13.8. The quantitative estimate of drug-likeness (QED) is 0.259. The first-order chi connectivity index (χ1) is 18.3. The van der Waals surface area contributed by atoms with Crippen LogP contribution >= 0.6 is 0 Å². The molecule has 0 bridgehead atoms. The van der Waals surface area contributed by atoms with Crippen LogP contribution in [-0.2, 0) is 23.8 Å². The third kappa shape index (κ3) is 5.80. The van der Waals surface area contributed by atoms with E-state index in [2.05, 4.69) is 4.98 Å². The third-order valence-electron chi connectivity index (χ3n) is 6.39. The Balaban J connectivity index is 1.97. The maximum atomic E-state index is 13.1. The van der Waals surface area contributed by atoms with E-state index in [0.717, 1.165) is 0 Å². The highest BCUT2D eigenvalue weighted by Crippen LogP contribution is 2.44. The van der Waals surface area contributed by atoms with Gasteiger partial charge in [0.2, 0.25) is 0 Å². The first-order valence-corrected chi connectivity index (χ1v) is 11.9. The standard InChI is InChI=1S/C28H32N2O8/c1-17-23(27(32)36-5)25(20-8-9-21(34-3)22(16-20)35-4)24(28(33)37-6)18(2)30(17)14-7-15-38-26(31)19-10-12-29-13-11-19/h8-13,16,25H,7,14-15H2,1-6H3. The van der Waals surface area contributed by atoms with E-state index in [4.69, 9.17) is 23.7 Å². The fourth-order valence-electron chi connectivity index (χ4n) is 4.52. The van der Waals surface area contributed by atoms with E-state index in [0.29, 0.717) is 58.1 Å². The monoisotopic (exact) mass is 524 g/mol. The summed E-state index contributed by atoms with van der Waals surface area (Å²) in [6.07, 6.45) is 3.48. The van der Waals surface area contributed by atoms with Crippen LogP contribution in [0.4, 0.5) is 0 Å². The molecule has 0 unspecified atom stereocenters. The lowest BCUT2D eigenvalue weighted by Gasteiger charge is -2.37. The summed E-state index contributed by atoms with van der Waals surface area (Å²) in [4.78, 5) is 44.2. The van der Waals surface area contributed by atoms with Crippen LogP contribution in [0.2, 0.25) is 0 Å². The van der Waals surface area contributed by atoms with Crippen LogP contribution in [-0.4, -0.2) is 69.4 Å². The van der Waals surface area contributed by atoms with Crippen molar-refractivity contribution in [2.75, 3.05) is 41.6 Å². The largest absolute Gasteiger partial charge is 0.493 e. The van der Waals surface area contributed by atoms with E-state index < -0.39 is 23.8 Å². The van der Waals surface area contributed by atoms with Gasteiger partial charge in [-0.3, -0.25) is 4.98 Å². The Morgan fingerprint density at radius 2 is 1.39 bits per heavy atom. The number of pyridine rings is 1. The zero-order valence-electron chi connectivity index (χ0n) is 22.4. The van der Waals surface area contributed by atoms with Crippen LogP contribution in [0.15, 0.2) is 65.3 Å². The Hall–Kier alpha value is -4.34. The number of hydrogen-bond acceptors (Lipinski definition) is 10. The average molecular weight is 525 g/mol. The van der Waals surface area contributed by atoms with Crippen LogP contribution in [0.25, 0.3) is 0 Å². The van der Waals surface area contributed by atoms with Crippen molar-refractivity contribution < 1.29 is 38.1 Å². The van der Waals surface area contributed by atoms with Gasteiger partial charge in [-0.15, -0.1) is 0 Å². The van der Waals surface area contributed by atoms with Gasteiger partial charge < -0.3 is 28.6 Å². The van der Waals surface area contributed by atoms with Crippen molar-refractivity contribution >= 4 is 17.9 Å². The number of aromatic nitrogens is 1. The molecule has 0 aliphatic carbocycles. The molecule has 0 radical (unpaired) electrons. The first-order valence-electron chi connectivity index (χ1n) is 11.9. The molecule has 1 aliphatic rings. The average Bonchev–Trinajstić information content (AvgIpc) is 2.95. The highest BCUT2D eigenvalue weighted by molar-refractivity contribution is 5.99. The molecule has 3 rings (SSSR count). The van der Waals surface area contributed by atoms with E-state index in [1.807, 2.05) is 4.90 Å². The summed E-state index contributed by atoms with van der Waals surface area (Å²) in [6.45, 7) is 4.10. The summed E-state index contributed by atoms with van der Waals surface area (Å²) in [5, 5.41) is 0. The maximum absolute atomic E-state index is 13.1. The predicted molar refractivity (Wildman–Crippen MR) is 138 cm³/mol. The summed E-state index contributed by atoms with van der Waals surface area (Å²) in [5.74, 6) is -1.42. The minimum atomic E-state index is -0.768. The lowest BCUT2D eigenvalue weighted by atomic mass is 9.79. The third-order valence-corrected chi connectivity index (χ3v) is 6.39. The molecule has 0 N–H and O–H groups in total. The lowest BCUT2D eigenvalue weighted by molar-refractivity contribution is -0.137. The molecule has 1 aromatic heterocycles. The van der Waals surface area contributed by atoms with E-state index in [9.17, 15) is 14.4 Å². The second kappa shape index (κ2) is 12.8. The molecule has 1 aromatic carbocycles. The highest BCUT2D eigenvalue weighted by Gasteiger charge is 2.40. The van der Waals surface area contributed by atoms with Crippen LogP contribution < -0.4 is 9.47 Å². The second-order valence-electron chi connectivity index (χ2n) is 8.41. The van der Waals surface area contributed by atoms with Crippen molar-refractivity contribution in [3.8, 4) is 11.5 Å². The second-order valence-corrected chi connectivity index (χ2v) is 8.41. The molecular formula is C28H32N2O8. The number of allylic oxidation sites excluding steroid dienone is 2. The van der Waals surface area contributed by atoms with Gasteiger partial charge in [0.1, 0.15) is 0 Å². The molecule has 0 atom stereocenters. The van der Waals surface area contributed by atoms with Crippen molar-refractivity contribution in [3.63, 3.8) is 0 Å². The first kappa shape index (κ1) is 28.2. The molecule has 38 heavy (non-hydrogen) atoms. The number of rotatable bonds is 10. The molecular weight excluding hydrogens is 492 g/mol. The molecule has 10 nitrogen and oxygen atoms in total. The summed E-state index contributed by atoms with van der Waals surface area (Å²) in [7, 11) is 5.62. The zero-order valence-corrected chi connectivity index (χ0v) is 22.4. The lowest BCUT2D eigenvalue weighted by Crippen LogP contribution is -2.36. The maximum Gasteiger partial charge on any atom is 0.338 e. The molecule has 2 heterocycles. The van der Waals surface area contributed by atoms with Crippen molar-refractivity contribution in [1.29, 1.82) is 0 Å². The van der Waals surface area contributed by atoms with E-state index in [1.165, 1.54) is 40.8 Å².